The Bertz CT molecular complexity index is 478. The summed E-state index contributed by atoms with van der Waals surface area (Å²) in [6, 6.07) is 0. The molecule has 1 heterocycles. The molecule has 1 atom stereocenters. The Kier molecular flexibility index (Phi) is 7.05. The van der Waals surface area contributed by atoms with Gasteiger partial charge in [-0.15, -0.1) is 0 Å². The zero-order chi connectivity index (χ0) is 17.6. The molecular weight excluding hydrogens is 296 g/mol. The van der Waals surface area contributed by atoms with E-state index >= 15 is 0 Å². The summed E-state index contributed by atoms with van der Waals surface area (Å²) >= 11 is 0. The van der Waals surface area contributed by atoms with Crippen molar-refractivity contribution in [2.24, 2.45) is 16.3 Å². The third kappa shape index (κ3) is 5.45. The van der Waals surface area contributed by atoms with Gasteiger partial charge in [-0.05, 0) is 62.2 Å². The van der Waals surface area contributed by atoms with Gasteiger partial charge in [0.05, 0.1) is 0 Å². The molecule has 0 radical (unpaired) electrons. The minimum atomic E-state index is 0.287. The number of likely N-dealkylation sites (tertiary alicyclic amines) is 1. The molecule has 0 saturated carbocycles. The molecule has 1 unspecified atom stereocenters. The zero-order valence-electron chi connectivity index (χ0n) is 16.3. The molecule has 1 saturated heterocycles. The highest BCUT2D eigenvalue weighted by atomic mass is 15.5. The van der Waals surface area contributed by atoms with Crippen LogP contribution in [0.2, 0.25) is 0 Å². The van der Waals surface area contributed by atoms with Crippen LogP contribution in [0.15, 0.2) is 28.8 Å². The Morgan fingerprint density at radius 2 is 2.04 bits per heavy atom. The topological polar surface area (TPSA) is 30.9 Å². The van der Waals surface area contributed by atoms with Crippen LogP contribution in [0.4, 0.5) is 0 Å². The predicted molar refractivity (Wildman–Crippen MR) is 104 cm³/mol. The van der Waals surface area contributed by atoms with Gasteiger partial charge in [0, 0.05) is 20.6 Å². The number of nitrogens with zero attached hydrogens (tertiary/aromatic N) is 3. The Labute approximate surface area is 148 Å². The first-order valence-electron chi connectivity index (χ1n) is 9.47. The van der Waals surface area contributed by atoms with E-state index in [1.807, 2.05) is 7.05 Å². The highest BCUT2D eigenvalue weighted by molar-refractivity contribution is 5.98. The first kappa shape index (κ1) is 19.2. The van der Waals surface area contributed by atoms with Crippen LogP contribution in [0.5, 0.6) is 0 Å². The van der Waals surface area contributed by atoms with Crippen molar-refractivity contribution < 1.29 is 0 Å². The van der Waals surface area contributed by atoms with Gasteiger partial charge in [-0.2, -0.15) is 0 Å². The molecule has 4 heteroatoms. The smallest absolute Gasteiger partial charge is 0.140 e. The summed E-state index contributed by atoms with van der Waals surface area (Å²) < 4.78 is 0. The van der Waals surface area contributed by atoms with E-state index in [9.17, 15) is 0 Å². The van der Waals surface area contributed by atoms with E-state index in [4.69, 9.17) is 4.99 Å². The van der Waals surface area contributed by atoms with E-state index in [0.29, 0.717) is 5.92 Å². The third-order valence-corrected chi connectivity index (χ3v) is 5.23. The van der Waals surface area contributed by atoms with Crippen molar-refractivity contribution >= 4 is 5.84 Å². The average Bonchev–Trinajstić information content (AvgIpc) is 3.07. The van der Waals surface area contributed by atoms with Crippen LogP contribution in [0, 0.1) is 11.3 Å². The molecule has 1 aliphatic carbocycles. The SMILES string of the molecule is CNN(C)C(=NCCCN1CCCC1)C1=CC=CC(C(C)(C)C)C1. The van der Waals surface area contributed by atoms with Gasteiger partial charge in [0.15, 0.2) is 0 Å². The van der Waals surface area contributed by atoms with E-state index < -0.39 is 0 Å². The Morgan fingerprint density at radius 3 is 2.67 bits per heavy atom. The fourth-order valence-electron chi connectivity index (χ4n) is 3.45. The molecule has 1 fully saturated rings. The molecule has 0 spiro atoms. The van der Waals surface area contributed by atoms with Crippen molar-refractivity contribution in [1.82, 2.24) is 15.3 Å². The maximum atomic E-state index is 4.95. The number of nitrogens with one attached hydrogen (secondary N) is 1. The van der Waals surface area contributed by atoms with Crippen LogP contribution in [-0.4, -0.2) is 56.0 Å². The average molecular weight is 333 g/mol. The van der Waals surface area contributed by atoms with Gasteiger partial charge in [0.25, 0.3) is 0 Å². The molecule has 24 heavy (non-hydrogen) atoms. The second-order valence-corrected chi connectivity index (χ2v) is 8.14. The van der Waals surface area contributed by atoms with Crippen molar-refractivity contribution in [3.05, 3.63) is 23.8 Å². The molecule has 0 bridgehead atoms. The van der Waals surface area contributed by atoms with Gasteiger partial charge in [0.1, 0.15) is 5.84 Å². The first-order chi connectivity index (χ1) is 11.4. The summed E-state index contributed by atoms with van der Waals surface area (Å²) in [4.78, 5) is 7.51. The monoisotopic (exact) mass is 332 g/mol. The number of likely N-dealkylation sites (N-methyl/N-ethyl adjacent to an activating group) is 1. The Balaban J connectivity index is 1.98. The minimum absolute atomic E-state index is 0.287. The third-order valence-electron chi connectivity index (χ3n) is 5.23. The van der Waals surface area contributed by atoms with E-state index in [1.165, 1.54) is 38.0 Å². The molecule has 0 amide bonds. The van der Waals surface area contributed by atoms with Gasteiger partial charge >= 0.3 is 0 Å². The van der Waals surface area contributed by atoms with Crippen molar-refractivity contribution in [2.45, 2.75) is 46.5 Å². The van der Waals surface area contributed by atoms with E-state index in [2.05, 4.69) is 61.4 Å². The van der Waals surface area contributed by atoms with Gasteiger partial charge < -0.3 is 4.90 Å². The number of amidine groups is 1. The predicted octanol–water partition coefficient (Wildman–Crippen LogP) is 3.49. The van der Waals surface area contributed by atoms with E-state index in [-0.39, 0.29) is 5.41 Å². The summed E-state index contributed by atoms with van der Waals surface area (Å²) in [5.41, 5.74) is 4.85. The van der Waals surface area contributed by atoms with Gasteiger partial charge in [0.2, 0.25) is 0 Å². The molecule has 1 aliphatic heterocycles. The van der Waals surface area contributed by atoms with Crippen LogP contribution in [-0.2, 0) is 0 Å². The number of hydrazine groups is 1. The maximum absolute atomic E-state index is 4.95. The van der Waals surface area contributed by atoms with Gasteiger partial charge in [-0.25, -0.2) is 5.43 Å². The molecule has 0 aromatic heterocycles. The van der Waals surface area contributed by atoms with Gasteiger partial charge in [-0.1, -0.05) is 39.0 Å². The first-order valence-corrected chi connectivity index (χ1v) is 9.47. The molecule has 0 aromatic rings. The summed E-state index contributed by atoms with van der Waals surface area (Å²) in [6.45, 7) is 11.6. The summed E-state index contributed by atoms with van der Waals surface area (Å²) in [6.07, 6.45) is 11.7. The minimum Gasteiger partial charge on any atom is -0.303 e. The van der Waals surface area contributed by atoms with E-state index in [0.717, 1.165) is 25.2 Å². The van der Waals surface area contributed by atoms with Crippen LogP contribution in [0.3, 0.4) is 0 Å². The van der Waals surface area contributed by atoms with E-state index in [1.54, 1.807) is 0 Å². The maximum Gasteiger partial charge on any atom is 0.140 e. The fourth-order valence-corrected chi connectivity index (χ4v) is 3.45. The highest BCUT2D eigenvalue weighted by Crippen LogP contribution is 2.35. The largest absolute Gasteiger partial charge is 0.303 e. The molecule has 4 nitrogen and oxygen atoms in total. The Morgan fingerprint density at radius 1 is 1.33 bits per heavy atom. The van der Waals surface area contributed by atoms with Crippen LogP contribution >= 0.6 is 0 Å². The van der Waals surface area contributed by atoms with Crippen LogP contribution in [0.1, 0.15) is 46.5 Å². The Hall–Kier alpha value is -1.13. The second kappa shape index (κ2) is 8.82. The lowest BCUT2D eigenvalue weighted by atomic mass is 9.75. The highest BCUT2D eigenvalue weighted by Gasteiger charge is 2.27. The quantitative estimate of drug-likeness (QED) is 0.350. The molecule has 1 N–H and O–H groups in total. The number of hydrogen-bond acceptors (Lipinski definition) is 3. The summed E-state index contributed by atoms with van der Waals surface area (Å²) in [7, 11) is 4.02. The van der Waals surface area contributed by atoms with Crippen molar-refractivity contribution in [2.75, 3.05) is 40.3 Å². The second-order valence-electron chi connectivity index (χ2n) is 8.14. The molecular formula is C20H36N4. The van der Waals surface area contributed by atoms with Crippen LogP contribution < -0.4 is 5.43 Å². The number of aliphatic imine (C=N–C) groups is 1. The number of allylic oxidation sites excluding steroid dienone is 3. The summed E-state index contributed by atoms with van der Waals surface area (Å²) in [5, 5.41) is 2.06. The lowest BCUT2D eigenvalue weighted by Crippen LogP contribution is -2.39. The van der Waals surface area contributed by atoms with Crippen LogP contribution in [0.25, 0.3) is 0 Å². The van der Waals surface area contributed by atoms with Gasteiger partial charge in [-0.3, -0.25) is 10.0 Å². The molecule has 2 aliphatic rings. The standard InChI is InChI=1S/C20H36N4/c1-20(2,3)18-11-8-10-17(16-18)19(23(5)21-4)22-12-9-15-24-13-6-7-14-24/h8,10-11,18,21H,6-7,9,12-16H2,1-5H3. The van der Waals surface area contributed by atoms with Crippen molar-refractivity contribution in [1.29, 1.82) is 0 Å². The number of hydrogen-bond donors (Lipinski definition) is 1. The fraction of sp³-hybridized carbons (Fsp3) is 0.750. The van der Waals surface area contributed by atoms with Crippen molar-refractivity contribution in [3.8, 4) is 0 Å². The molecule has 0 aromatic carbocycles. The lowest BCUT2D eigenvalue weighted by Gasteiger charge is -2.32. The normalized spacial score (nSPS) is 22.8. The van der Waals surface area contributed by atoms with Crippen molar-refractivity contribution in [3.63, 3.8) is 0 Å². The molecule has 136 valence electrons. The summed E-state index contributed by atoms with van der Waals surface area (Å²) in [5.74, 6) is 1.66. The lowest BCUT2D eigenvalue weighted by molar-refractivity contribution is 0.289. The molecule has 2 rings (SSSR count). The zero-order valence-corrected chi connectivity index (χ0v) is 16.3. The number of rotatable bonds is 6.